The minimum atomic E-state index is -0.690. The first-order valence-electron chi connectivity index (χ1n) is 5.14. The molecule has 0 spiro atoms. The molecule has 5 heteroatoms. The van der Waals surface area contributed by atoms with Crippen molar-refractivity contribution in [3.05, 3.63) is 67.2 Å². The first kappa shape index (κ1) is 13.9. The van der Waals surface area contributed by atoms with Gasteiger partial charge in [-0.1, -0.05) is 15.9 Å². The van der Waals surface area contributed by atoms with Gasteiger partial charge in [0, 0.05) is 13.6 Å². The maximum absolute atomic E-state index is 13.7. The summed E-state index contributed by atoms with van der Waals surface area (Å²) in [4.78, 5) is 0. The van der Waals surface area contributed by atoms with Crippen LogP contribution in [0.25, 0.3) is 0 Å². The van der Waals surface area contributed by atoms with Crippen molar-refractivity contribution < 1.29 is 8.78 Å². The van der Waals surface area contributed by atoms with Crippen molar-refractivity contribution in [3.63, 3.8) is 0 Å². The van der Waals surface area contributed by atoms with Crippen LogP contribution in [-0.4, -0.2) is 0 Å². The van der Waals surface area contributed by atoms with Gasteiger partial charge < -0.3 is 5.73 Å². The Bertz CT molecular complexity index is 538. The summed E-state index contributed by atoms with van der Waals surface area (Å²) in [6.45, 7) is 0. The van der Waals surface area contributed by atoms with Crippen molar-refractivity contribution >= 4 is 38.5 Å². The third-order valence-corrected chi connectivity index (χ3v) is 4.06. The molecule has 0 bridgehead atoms. The fourth-order valence-electron chi connectivity index (χ4n) is 1.67. The van der Waals surface area contributed by atoms with Gasteiger partial charge in [-0.05, 0) is 64.6 Å². The minimum Gasteiger partial charge on any atom is -0.320 e. The second-order valence-electron chi connectivity index (χ2n) is 3.81. The van der Waals surface area contributed by atoms with Crippen molar-refractivity contribution in [3.8, 4) is 0 Å². The van der Waals surface area contributed by atoms with Gasteiger partial charge in [0.1, 0.15) is 11.6 Å². The van der Waals surface area contributed by atoms with E-state index in [0.717, 1.165) is 31.8 Å². The molecule has 0 aliphatic rings. The van der Waals surface area contributed by atoms with Crippen LogP contribution in [0.2, 0.25) is 0 Å². The molecule has 1 atom stereocenters. The average molecular weight is 424 g/mol. The number of nitrogens with two attached hydrogens (primary N) is 1. The normalized spacial score (nSPS) is 12.5. The summed E-state index contributed by atoms with van der Waals surface area (Å²) in [5, 5.41) is 0. The molecule has 1 unspecified atom stereocenters. The van der Waals surface area contributed by atoms with Crippen molar-refractivity contribution in [1.29, 1.82) is 0 Å². The standard InChI is InChI=1S/C13H9BrF2IN/c14-7-1-4-12(17)10(5-7)13(18)9-6-8(15)2-3-11(9)16/h1-6,13H,18H2. The molecule has 0 radical (unpaired) electrons. The zero-order valence-corrected chi connectivity index (χ0v) is 12.9. The molecule has 0 saturated carbocycles. The van der Waals surface area contributed by atoms with Gasteiger partial charge in [-0.15, -0.1) is 0 Å². The van der Waals surface area contributed by atoms with E-state index in [-0.39, 0.29) is 5.56 Å². The monoisotopic (exact) mass is 423 g/mol. The highest BCUT2D eigenvalue weighted by molar-refractivity contribution is 14.1. The van der Waals surface area contributed by atoms with E-state index in [0.29, 0.717) is 0 Å². The van der Waals surface area contributed by atoms with Crippen LogP contribution in [0.5, 0.6) is 0 Å². The molecule has 2 aromatic rings. The van der Waals surface area contributed by atoms with Gasteiger partial charge in [0.15, 0.2) is 0 Å². The van der Waals surface area contributed by atoms with Crippen molar-refractivity contribution in [2.75, 3.05) is 0 Å². The zero-order valence-electron chi connectivity index (χ0n) is 9.13. The third-order valence-electron chi connectivity index (χ3n) is 2.59. The van der Waals surface area contributed by atoms with E-state index in [9.17, 15) is 8.78 Å². The van der Waals surface area contributed by atoms with Crippen LogP contribution in [0.3, 0.4) is 0 Å². The van der Waals surface area contributed by atoms with E-state index >= 15 is 0 Å². The first-order chi connectivity index (χ1) is 8.49. The number of rotatable bonds is 2. The van der Waals surface area contributed by atoms with Gasteiger partial charge in [-0.25, -0.2) is 8.78 Å². The molecule has 0 amide bonds. The van der Waals surface area contributed by atoms with Gasteiger partial charge in [0.2, 0.25) is 0 Å². The molecular weight excluding hydrogens is 415 g/mol. The smallest absolute Gasteiger partial charge is 0.128 e. The van der Waals surface area contributed by atoms with Crippen molar-refractivity contribution in [1.82, 2.24) is 0 Å². The summed E-state index contributed by atoms with van der Waals surface area (Å²) in [5.41, 5.74) is 6.94. The summed E-state index contributed by atoms with van der Waals surface area (Å²) >= 11 is 5.47. The predicted octanol–water partition coefficient (Wildman–Crippen LogP) is 4.38. The second-order valence-corrected chi connectivity index (χ2v) is 5.89. The lowest BCUT2D eigenvalue weighted by molar-refractivity contribution is 0.576. The van der Waals surface area contributed by atoms with Crippen molar-refractivity contribution in [2.24, 2.45) is 5.73 Å². The largest absolute Gasteiger partial charge is 0.320 e. The molecule has 2 rings (SSSR count). The van der Waals surface area contributed by atoms with Gasteiger partial charge in [0.05, 0.1) is 6.04 Å². The summed E-state index contributed by atoms with van der Waals surface area (Å²) in [6.07, 6.45) is 0. The Kier molecular flexibility index (Phi) is 4.34. The summed E-state index contributed by atoms with van der Waals surface area (Å²) in [5.74, 6) is -0.994. The van der Waals surface area contributed by atoms with Gasteiger partial charge in [0.25, 0.3) is 0 Å². The molecule has 2 N–H and O–H groups in total. The fraction of sp³-hybridized carbons (Fsp3) is 0.0769. The molecule has 18 heavy (non-hydrogen) atoms. The predicted molar refractivity (Wildman–Crippen MR) is 79.2 cm³/mol. The molecule has 0 saturated heterocycles. The Balaban J connectivity index is 2.50. The number of benzene rings is 2. The van der Waals surface area contributed by atoms with Gasteiger partial charge in [-0.3, -0.25) is 0 Å². The lowest BCUT2D eigenvalue weighted by atomic mass is 9.99. The lowest BCUT2D eigenvalue weighted by Crippen LogP contribution is -2.15. The zero-order chi connectivity index (χ0) is 13.3. The molecule has 94 valence electrons. The van der Waals surface area contributed by atoms with E-state index in [4.69, 9.17) is 5.73 Å². The Morgan fingerprint density at radius 3 is 2.50 bits per heavy atom. The molecule has 0 aliphatic heterocycles. The van der Waals surface area contributed by atoms with Gasteiger partial charge >= 0.3 is 0 Å². The SMILES string of the molecule is NC(c1cc(F)ccc1F)c1cc(Br)ccc1I. The molecule has 0 aromatic heterocycles. The Hall–Kier alpha value is -0.530. The summed E-state index contributed by atoms with van der Waals surface area (Å²) in [7, 11) is 0. The molecule has 0 fully saturated rings. The highest BCUT2D eigenvalue weighted by atomic mass is 127. The number of halogens is 4. The Labute approximate surface area is 126 Å². The topological polar surface area (TPSA) is 26.0 Å². The van der Waals surface area contributed by atoms with E-state index < -0.39 is 17.7 Å². The Morgan fingerprint density at radius 2 is 1.78 bits per heavy atom. The first-order valence-corrected chi connectivity index (χ1v) is 7.01. The second kappa shape index (κ2) is 5.63. The lowest BCUT2D eigenvalue weighted by Gasteiger charge is -2.15. The highest BCUT2D eigenvalue weighted by Gasteiger charge is 2.17. The van der Waals surface area contributed by atoms with E-state index in [1.54, 1.807) is 0 Å². The van der Waals surface area contributed by atoms with Crippen LogP contribution >= 0.6 is 38.5 Å². The molecule has 0 aliphatic carbocycles. The van der Waals surface area contributed by atoms with Crippen LogP contribution < -0.4 is 5.73 Å². The average Bonchev–Trinajstić information content (AvgIpc) is 2.34. The van der Waals surface area contributed by atoms with Gasteiger partial charge in [-0.2, -0.15) is 0 Å². The van der Waals surface area contributed by atoms with Crippen LogP contribution in [0.4, 0.5) is 8.78 Å². The van der Waals surface area contributed by atoms with Crippen molar-refractivity contribution in [2.45, 2.75) is 6.04 Å². The van der Waals surface area contributed by atoms with Crippen LogP contribution in [0.1, 0.15) is 17.2 Å². The fourth-order valence-corrected chi connectivity index (χ4v) is 2.72. The number of hydrogen-bond acceptors (Lipinski definition) is 1. The summed E-state index contributed by atoms with van der Waals surface area (Å²) in [6, 6.07) is 8.18. The maximum atomic E-state index is 13.7. The molecule has 2 aromatic carbocycles. The number of hydrogen-bond donors (Lipinski definition) is 1. The third kappa shape index (κ3) is 2.89. The molecular formula is C13H9BrF2IN. The maximum Gasteiger partial charge on any atom is 0.128 e. The van der Waals surface area contributed by atoms with E-state index in [1.807, 2.05) is 18.2 Å². The molecule has 0 heterocycles. The van der Waals surface area contributed by atoms with Crippen LogP contribution in [-0.2, 0) is 0 Å². The Morgan fingerprint density at radius 1 is 1.06 bits per heavy atom. The summed E-state index contributed by atoms with van der Waals surface area (Å²) < 4.78 is 28.6. The van der Waals surface area contributed by atoms with Crippen LogP contribution in [0, 0.1) is 15.2 Å². The highest BCUT2D eigenvalue weighted by Crippen LogP contribution is 2.28. The molecule has 1 nitrogen and oxygen atoms in total. The minimum absolute atomic E-state index is 0.158. The quantitative estimate of drug-likeness (QED) is 0.712. The van der Waals surface area contributed by atoms with E-state index in [2.05, 4.69) is 38.5 Å². The van der Waals surface area contributed by atoms with E-state index in [1.165, 1.54) is 0 Å². The van der Waals surface area contributed by atoms with Crippen LogP contribution in [0.15, 0.2) is 40.9 Å².